The Hall–Kier alpha value is -2.45. The number of aromatic nitrogens is 2. The fourth-order valence-electron chi connectivity index (χ4n) is 2.43. The van der Waals surface area contributed by atoms with Gasteiger partial charge in [0.2, 0.25) is 5.95 Å². The number of benzene rings is 2. The number of rotatable bonds is 4. The van der Waals surface area contributed by atoms with Gasteiger partial charge in [0, 0.05) is 22.8 Å². The first-order valence-electron chi connectivity index (χ1n) is 7.74. The maximum atomic E-state index is 12.3. The van der Waals surface area contributed by atoms with Crippen LogP contribution < -0.4 is 10.6 Å². The Morgan fingerprint density at radius 3 is 2.54 bits per heavy atom. The van der Waals surface area contributed by atoms with E-state index >= 15 is 0 Å². The van der Waals surface area contributed by atoms with Gasteiger partial charge in [0.15, 0.2) is 0 Å². The van der Waals surface area contributed by atoms with Crippen molar-refractivity contribution in [2.24, 2.45) is 0 Å². The number of nitrogens with one attached hydrogen (secondary N) is 1. The van der Waals surface area contributed by atoms with E-state index in [1.807, 2.05) is 61.5 Å². The van der Waals surface area contributed by atoms with Gasteiger partial charge < -0.3 is 9.88 Å². The summed E-state index contributed by atoms with van der Waals surface area (Å²) in [4.78, 5) is 8.86. The van der Waals surface area contributed by atoms with Crippen molar-refractivity contribution in [2.75, 3.05) is 18.6 Å². The third-order valence-corrected chi connectivity index (χ3v) is 5.22. The summed E-state index contributed by atoms with van der Waals surface area (Å²) < 4.78 is 12.3. The summed E-state index contributed by atoms with van der Waals surface area (Å²) >= 11 is 0. The van der Waals surface area contributed by atoms with Gasteiger partial charge in [-0.25, -0.2) is 9.97 Å². The first-order chi connectivity index (χ1) is 11.4. The molecule has 1 heterocycles. The van der Waals surface area contributed by atoms with Crippen molar-refractivity contribution >= 4 is 24.1 Å². The van der Waals surface area contributed by atoms with Crippen LogP contribution in [0.5, 0.6) is 0 Å². The molecule has 0 aliphatic carbocycles. The van der Waals surface area contributed by atoms with E-state index in [4.69, 9.17) is 0 Å². The molecule has 0 fully saturated rings. The molecule has 0 spiro atoms. The average molecular weight is 337 g/mol. The van der Waals surface area contributed by atoms with E-state index in [0.29, 0.717) is 5.95 Å². The number of anilines is 2. The summed E-state index contributed by atoms with van der Waals surface area (Å²) in [5, 5.41) is 4.08. The van der Waals surface area contributed by atoms with Gasteiger partial charge >= 0.3 is 0 Å². The first-order valence-corrected chi connectivity index (χ1v) is 10.3. The SMILES string of the molecule is Cc1cccc(Nc2nccc(-c3cccc(P(C)(C)=O)c3)n2)c1. The van der Waals surface area contributed by atoms with Crippen LogP contribution in [0.3, 0.4) is 0 Å². The Bertz CT molecular complexity index is 918. The van der Waals surface area contributed by atoms with Gasteiger partial charge in [-0.15, -0.1) is 0 Å². The van der Waals surface area contributed by atoms with Crippen molar-refractivity contribution in [3.63, 3.8) is 0 Å². The van der Waals surface area contributed by atoms with E-state index < -0.39 is 7.14 Å². The van der Waals surface area contributed by atoms with Crippen molar-refractivity contribution < 1.29 is 4.57 Å². The molecular formula is C19H20N3OP. The highest BCUT2D eigenvalue weighted by Gasteiger charge is 2.12. The van der Waals surface area contributed by atoms with Crippen LogP contribution in [0.15, 0.2) is 60.8 Å². The van der Waals surface area contributed by atoms with Crippen LogP contribution in [0.25, 0.3) is 11.3 Å². The minimum Gasteiger partial charge on any atom is -0.324 e. The van der Waals surface area contributed by atoms with Crippen LogP contribution in [-0.2, 0) is 4.57 Å². The normalized spacial score (nSPS) is 11.3. The van der Waals surface area contributed by atoms with E-state index in [1.54, 1.807) is 19.5 Å². The summed E-state index contributed by atoms with van der Waals surface area (Å²) in [6.45, 7) is 5.59. The molecule has 3 rings (SSSR count). The van der Waals surface area contributed by atoms with Crippen molar-refractivity contribution in [1.82, 2.24) is 9.97 Å². The number of hydrogen-bond donors (Lipinski definition) is 1. The van der Waals surface area contributed by atoms with E-state index in [9.17, 15) is 4.57 Å². The molecule has 1 N–H and O–H groups in total. The molecule has 0 aliphatic heterocycles. The molecule has 0 bridgehead atoms. The molecule has 4 nitrogen and oxygen atoms in total. The Kier molecular flexibility index (Phi) is 4.50. The number of nitrogens with zero attached hydrogens (tertiary/aromatic N) is 2. The molecule has 0 atom stereocenters. The molecule has 0 saturated heterocycles. The van der Waals surface area contributed by atoms with Gasteiger partial charge in [-0.1, -0.05) is 30.3 Å². The molecule has 122 valence electrons. The van der Waals surface area contributed by atoms with Crippen LogP contribution in [0, 0.1) is 6.92 Å². The lowest BCUT2D eigenvalue weighted by atomic mass is 10.1. The highest BCUT2D eigenvalue weighted by molar-refractivity contribution is 7.70. The molecule has 24 heavy (non-hydrogen) atoms. The van der Waals surface area contributed by atoms with E-state index in [1.165, 1.54) is 5.56 Å². The summed E-state index contributed by atoms with van der Waals surface area (Å²) in [5.74, 6) is 0.541. The average Bonchev–Trinajstić information content (AvgIpc) is 2.54. The molecule has 0 aliphatic rings. The summed E-state index contributed by atoms with van der Waals surface area (Å²) in [5.41, 5.74) is 3.86. The Labute approximate surface area is 142 Å². The zero-order valence-electron chi connectivity index (χ0n) is 14.0. The van der Waals surface area contributed by atoms with Gasteiger partial charge in [0.25, 0.3) is 0 Å². The summed E-state index contributed by atoms with van der Waals surface area (Å²) in [6.07, 6.45) is 1.73. The van der Waals surface area contributed by atoms with Crippen LogP contribution in [0.1, 0.15) is 5.56 Å². The van der Waals surface area contributed by atoms with E-state index in [0.717, 1.165) is 22.2 Å². The quantitative estimate of drug-likeness (QED) is 0.715. The minimum atomic E-state index is -2.30. The molecule has 0 unspecified atom stereocenters. The van der Waals surface area contributed by atoms with E-state index in [2.05, 4.69) is 15.3 Å². The molecule has 0 radical (unpaired) electrons. The first kappa shape index (κ1) is 16.4. The lowest BCUT2D eigenvalue weighted by molar-refractivity contribution is 0.588. The van der Waals surface area contributed by atoms with E-state index in [-0.39, 0.29) is 0 Å². The van der Waals surface area contributed by atoms with Gasteiger partial charge in [-0.05, 0) is 50.1 Å². The Morgan fingerprint density at radius 1 is 1.00 bits per heavy atom. The van der Waals surface area contributed by atoms with Gasteiger partial charge in [-0.3, -0.25) is 0 Å². The number of aryl methyl sites for hydroxylation is 1. The highest BCUT2D eigenvalue weighted by atomic mass is 31.2. The van der Waals surface area contributed by atoms with Crippen LogP contribution >= 0.6 is 7.14 Å². The van der Waals surface area contributed by atoms with Crippen LogP contribution in [0.4, 0.5) is 11.6 Å². The maximum Gasteiger partial charge on any atom is 0.227 e. The van der Waals surface area contributed by atoms with Crippen LogP contribution in [0.2, 0.25) is 0 Å². The lowest BCUT2D eigenvalue weighted by Crippen LogP contribution is -2.03. The third kappa shape index (κ3) is 3.90. The second kappa shape index (κ2) is 6.58. The highest BCUT2D eigenvalue weighted by Crippen LogP contribution is 2.35. The zero-order chi connectivity index (χ0) is 17.2. The fourth-order valence-corrected chi connectivity index (χ4v) is 3.33. The van der Waals surface area contributed by atoms with Crippen molar-refractivity contribution in [2.45, 2.75) is 6.92 Å². The monoisotopic (exact) mass is 337 g/mol. The molecule has 0 saturated carbocycles. The molecule has 1 aromatic heterocycles. The van der Waals surface area contributed by atoms with Gasteiger partial charge in [0.1, 0.15) is 7.14 Å². The van der Waals surface area contributed by atoms with Gasteiger partial charge in [-0.2, -0.15) is 0 Å². The van der Waals surface area contributed by atoms with Gasteiger partial charge in [0.05, 0.1) is 5.69 Å². The summed E-state index contributed by atoms with van der Waals surface area (Å²) in [6, 6.07) is 17.6. The standard InChI is InChI=1S/C19H20N3OP/c1-14-6-4-8-16(12-14)21-19-20-11-10-18(22-19)15-7-5-9-17(13-15)24(2,3)23/h4-13H,1-3H3,(H,20,21,22). The van der Waals surface area contributed by atoms with Crippen LogP contribution in [-0.4, -0.2) is 23.3 Å². The second-order valence-electron chi connectivity index (χ2n) is 6.16. The topological polar surface area (TPSA) is 54.9 Å². The predicted molar refractivity (Wildman–Crippen MR) is 101 cm³/mol. The van der Waals surface area contributed by atoms with Crippen molar-refractivity contribution in [1.29, 1.82) is 0 Å². The molecule has 5 heteroatoms. The molecular weight excluding hydrogens is 317 g/mol. The van der Waals surface area contributed by atoms with Crippen molar-refractivity contribution in [3.05, 3.63) is 66.4 Å². The maximum absolute atomic E-state index is 12.3. The predicted octanol–water partition coefficient (Wildman–Crippen LogP) is 4.44. The molecule has 3 aromatic rings. The largest absolute Gasteiger partial charge is 0.324 e. The smallest absolute Gasteiger partial charge is 0.227 e. The molecule has 2 aromatic carbocycles. The number of hydrogen-bond acceptors (Lipinski definition) is 4. The second-order valence-corrected chi connectivity index (χ2v) is 9.38. The Morgan fingerprint density at radius 2 is 1.79 bits per heavy atom. The summed E-state index contributed by atoms with van der Waals surface area (Å²) in [7, 11) is -2.30. The lowest BCUT2D eigenvalue weighted by Gasteiger charge is -2.10. The fraction of sp³-hybridized carbons (Fsp3) is 0.158. The Balaban J connectivity index is 1.92. The van der Waals surface area contributed by atoms with Crippen molar-refractivity contribution in [3.8, 4) is 11.3 Å². The third-order valence-electron chi connectivity index (χ3n) is 3.69. The zero-order valence-corrected chi connectivity index (χ0v) is 14.9. The molecule has 0 amide bonds. The minimum absolute atomic E-state index is 0.541.